The van der Waals surface area contributed by atoms with E-state index >= 15 is 0 Å². The molecule has 0 unspecified atom stereocenters. The Bertz CT molecular complexity index is 1480. The number of fused-ring (bicyclic) bond motifs is 2. The number of halogens is 3. The zero-order chi connectivity index (χ0) is 26.2. The van der Waals surface area contributed by atoms with E-state index in [0.717, 1.165) is 23.0 Å². The van der Waals surface area contributed by atoms with E-state index in [1.54, 1.807) is 12.3 Å². The van der Waals surface area contributed by atoms with Crippen molar-refractivity contribution in [3.05, 3.63) is 77.4 Å². The third-order valence-electron chi connectivity index (χ3n) is 6.09. The lowest BCUT2D eigenvalue weighted by molar-refractivity contribution is -0.108. The van der Waals surface area contributed by atoms with Gasteiger partial charge < -0.3 is 15.0 Å². The maximum atomic E-state index is 14.9. The molecule has 190 valence electrons. The minimum atomic E-state index is -3.31. The Labute approximate surface area is 210 Å². The van der Waals surface area contributed by atoms with Gasteiger partial charge in [0.25, 0.3) is 12.3 Å². The van der Waals surface area contributed by atoms with E-state index in [4.69, 9.17) is 9.72 Å². The zero-order valence-corrected chi connectivity index (χ0v) is 20.1. The summed E-state index contributed by atoms with van der Waals surface area (Å²) in [5.41, 5.74) is -0.704. The molecule has 1 amide bonds. The molecule has 5 heterocycles. The molecule has 1 atom stereocenters. The molecule has 0 radical (unpaired) electrons. The van der Waals surface area contributed by atoms with Crippen LogP contribution in [-0.4, -0.2) is 53.0 Å². The van der Waals surface area contributed by atoms with Crippen molar-refractivity contribution in [1.29, 1.82) is 0 Å². The third-order valence-corrected chi connectivity index (χ3v) is 6.09. The quantitative estimate of drug-likeness (QED) is 0.420. The number of pyridine rings is 4. The number of anilines is 1. The zero-order valence-electron chi connectivity index (χ0n) is 20.1. The van der Waals surface area contributed by atoms with Crippen LogP contribution < -0.4 is 10.2 Å². The number of hydrogen-bond donors (Lipinski definition) is 1. The molecule has 1 N–H and O–H groups in total. The van der Waals surface area contributed by atoms with Gasteiger partial charge in [-0.2, -0.15) is 0 Å². The minimum Gasteiger partial charge on any atom is -0.371 e. The van der Waals surface area contributed by atoms with E-state index in [1.165, 1.54) is 6.20 Å². The van der Waals surface area contributed by atoms with Crippen LogP contribution in [0.15, 0.2) is 54.9 Å². The van der Waals surface area contributed by atoms with Gasteiger partial charge in [-0.05, 0) is 36.4 Å². The van der Waals surface area contributed by atoms with Gasteiger partial charge >= 0.3 is 0 Å². The molecule has 0 saturated heterocycles. The Kier molecular flexibility index (Phi) is 6.46. The molecule has 0 spiro atoms. The van der Waals surface area contributed by atoms with Crippen LogP contribution in [-0.2, 0) is 23.6 Å². The second-order valence-electron chi connectivity index (χ2n) is 8.90. The Balaban J connectivity index is 1.35. The smallest absolute Gasteiger partial charge is 0.278 e. The lowest BCUT2D eigenvalue weighted by Crippen LogP contribution is -2.39. The van der Waals surface area contributed by atoms with Gasteiger partial charge in [-0.15, -0.1) is 0 Å². The second kappa shape index (κ2) is 9.74. The average molecular weight is 509 g/mol. The van der Waals surface area contributed by atoms with Gasteiger partial charge in [0, 0.05) is 37.4 Å². The van der Waals surface area contributed by atoms with Crippen LogP contribution in [0.5, 0.6) is 0 Å². The van der Waals surface area contributed by atoms with Crippen LogP contribution in [0.25, 0.3) is 22.3 Å². The predicted molar refractivity (Wildman–Crippen MR) is 131 cm³/mol. The predicted octanol–water partition coefficient (Wildman–Crippen LogP) is 4.04. The van der Waals surface area contributed by atoms with Crippen molar-refractivity contribution < 1.29 is 22.7 Å². The van der Waals surface area contributed by atoms with Crippen molar-refractivity contribution in [2.45, 2.75) is 25.2 Å². The molecule has 1 aliphatic rings. The number of hydrogen-bond acceptors (Lipinski definition) is 7. The number of nitrogens with zero attached hydrogens (tertiary/aromatic N) is 5. The van der Waals surface area contributed by atoms with E-state index in [-0.39, 0.29) is 30.0 Å². The molecule has 4 aromatic rings. The minimum absolute atomic E-state index is 0.0311. The number of ether oxygens (including phenoxy) is 1. The second-order valence-corrected chi connectivity index (χ2v) is 8.90. The number of alkyl halides is 3. The van der Waals surface area contributed by atoms with Crippen LogP contribution in [0.1, 0.15) is 27.3 Å². The average Bonchev–Trinajstić information content (AvgIpc) is 2.91. The highest BCUT2D eigenvalue weighted by atomic mass is 19.3. The van der Waals surface area contributed by atoms with Crippen molar-refractivity contribution in [3.8, 4) is 11.4 Å². The number of carbonyl (C=O) groups excluding carboxylic acids is 1. The first kappa shape index (κ1) is 24.6. The molecule has 11 heteroatoms. The van der Waals surface area contributed by atoms with E-state index in [9.17, 15) is 18.0 Å². The Morgan fingerprint density at radius 3 is 2.70 bits per heavy atom. The summed E-state index contributed by atoms with van der Waals surface area (Å²) in [7, 11) is 3.82. The Morgan fingerprint density at radius 1 is 1.11 bits per heavy atom. The highest BCUT2D eigenvalue weighted by Crippen LogP contribution is 2.38. The van der Waals surface area contributed by atoms with E-state index in [0.29, 0.717) is 16.9 Å². The first-order chi connectivity index (χ1) is 17.7. The van der Waals surface area contributed by atoms with Gasteiger partial charge in [0.05, 0.1) is 53.6 Å². The SMILES string of the molecule is CN(C)c1cccc(-c2ccc3cnc(CNC(=O)c4cnc5c(c4)[C@@](F)(C(F)F)COC5)cc3n2)n1. The molecule has 0 saturated carbocycles. The summed E-state index contributed by atoms with van der Waals surface area (Å²) in [4.78, 5) is 32.3. The van der Waals surface area contributed by atoms with Gasteiger partial charge in [-0.3, -0.25) is 14.8 Å². The first-order valence-corrected chi connectivity index (χ1v) is 11.5. The molecule has 0 aliphatic carbocycles. The van der Waals surface area contributed by atoms with E-state index < -0.39 is 24.6 Å². The summed E-state index contributed by atoms with van der Waals surface area (Å²) < 4.78 is 46.6. The first-order valence-electron chi connectivity index (χ1n) is 11.5. The highest BCUT2D eigenvalue weighted by Gasteiger charge is 2.47. The normalized spacial score (nSPS) is 17.0. The van der Waals surface area contributed by atoms with Crippen molar-refractivity contribution in [2.24, 2.45) is 0 Å². The summed E-state index contributed by atoms with van der Waals surface area (Å²) in [6, 6.07) is 12.3. The number of rotatable bonds is 6. The Morgan fingerprint density at radius 2 is 1.92 bits per heavy atom. The topological polar surface area (TPSA) is 93.1 Å². The van der Waals surface area contributed by atoms with Crippen molar-refractivity contribution >= 4 is 22.6 Å². The molecule has 0 fully saturated rings. The molecule has 1 aliphatic heterocycles. The largest absolute Gasteiger partial charge is 0.371 e. The van der Waals surface area contributed by atoms with Crippen LogP contribution in [0.3, 0.4) is 0 Å². The number of amides is 1. The fraction of sp³-hybridized carbons (Fsp3) is 0.269. The van der Waals surface area contributed by atoms with Crippen LogP contribution in [0.2, 0.25) is 0 Å². The monoisotopic (exact) mass is 508 g/mol. The van der Waals surface area contributed by atoms with Crippen molar-refractivity contribution in [1.82, 2.24) is 25.3 Å². The number of nitrogens with one attached hydrogen (secondary N) is 1. The highest BCUT2D eigenvalue weighted by molar-refractivity contribution is 5.94. The summed E-state index contributed by atoms with van der Waals surface area (Å²) in [5, 5.41) is 3.50. The number of aromatic nitrogens is 4. The van der Waals surface area contributed by atoms with Crippen LogP contribution >= 0.6 is 0 Å². The lowest BCUT2D eigenvalue weighted by atomic mass is 9.92. The lowest BCUT2D eigenvalue weighted by Gasteiger charge is -2.30. The molecule has 37 heavy (non-hydrogen) atoms. The van der Waals surface area contributed by atoms with Crippen molar-refractivity contribution in [2.75, 3.05) is 25.6 Å². The molecule has 5 rings (SSSR count). The van der Waals surface area contributed by atoms with Gasteiger partial charge in [-0.25, -0.2) is 23.1 Å². The van der Waals surface area contributed by atoms with E-state index in [2.05, 4.69) is 20.3 Å². The van der Waals surface area contributed by atoms with Crippen LogP contribution in [0, 0.1) is 0 Å². The van der Waals surface area contributed by atoms with Gasteiger partial charge in [0.15, 0.2) is 0 Å². The third kappa shape index (κ3) is 4.82. The number of carbonyl (C=O) groups is 1. The van der Waals surface area contributed by atoms with E-state index in [1.807, 2.05) is 49.3 Å². The van der Waals surface area contributed by atoms with Gasteiger partial charge in [0.2, 0.25) is 5.67 Å². The summed E-state index contributed by atoms with van der Waals surface area (Å²) in [6.07, 6.45) is -0.449. The molecular formula is C26H23F3N6O2. The summed E-state index contributed by atoms with van der Waals surface area (Å²) in [6.45, 7) is -0.846. The fourth-order valence-electron chi connectivity index (χ4n) is 4.03. The maximum Gasteiger partial charge on any atom is 0.278 e. The fourth-order valence-corrected chi connectivity index (χ4v) is 4.03. The summed E-state index contributed by atoms with van der Waals surface area (Å²) in [5.74, 6) is 0.215. The van der Waals surface area contributed by atoms with Gasteiger partial charge in [0.1, 0.15) is 5.82 Å². The molecule has 4 aromatic heterocycles. The van der Waals surface area contributed by atoms with Gasteiger partial charge in [-0.1, -0.05) is 6.07 Å². The molecule has 8 nitrogen and oxygen atoms in total. The Hall–Kier alpha value is -4.12. The maximum absolute atomic E-state index is 14.9. The standard InChI is InChI=1S/C26H23F3N6O2/c1-35(2)23-5-3-4-19(34-23)20-7-6-15-10-30-17(9-21(15)33-20)12-32-24(36)16-8-18-22(31-11-16)13-37-14-26(18,29)25(27)28/h3-11,25H,12-14H2,1-2H3,(H,32,36)/t26-/m1/s1. The van der Waals surface area contributed by atoms with Crippen LogP contribution in [0.4, 0.5) is 19.0 Å². The summed E-state index contributed by atoms with van der Waals surface area (Å²) >= 11 is 0. The molecule has 0 aromatic carbocycles. The molecular weight excluding hydrogens is 485 g/mol. The molecule has 0 bridgehead atoms. The van der Waals surface area contributed by atoms with Crippen molar-refractivity contribution in [3.63, 3.8) is 0 Å².